The van der Waals surface area contributed by atoms with Gasteiger partial charge < -0.3 is 9.47 Å². The van der Waals surface area contributed by atoms with Crippen molar-refractivity contribution >= 4 is 11.9 Å². The number of hydrogen-bond donors (Lipinski definition) is 0. The monoisotopic (exact) mass is 359 g/mol. The quantitative estimate of drug-likeness (QED) is 0.667. The van der Waals surface area contributed by atoms with Gasteiger partial charge in [0, 0.05) is 24.4 Å². The number of carbonyl (C=O) groups is 2. The van der Waals surface area contributed by atoms with Crippen molar-refractivity contribution in [2.75, 3.05) is 0 Å². The highest BCUT2D eigenvalue weighted by Gasteiger charge is 2.34. The Morgan fingerprint density at radius 2 is 1.74 bits per heavy atom. The molecule has 0 saturated carbocycles. The molecule has 1 aliphatic rings. The predicted molar refractivity (Wildman–Crippen MR) is 98.0 cm³/mol. The summed E-state index contributed by atoms with van der Waals surface area (Å²) in [7, 11) is 0. The molecule has 2 atom stereocenters. The van der Waals surface area contributed by atoms with Gasteiger partial charge in [0.1, 0.15) is 0 Å². The molecule has 3 aromatic rings. The second kappa shape index (κ2) is 7.41. The number of fused-ring (bicyclic) bond motifs is 1. The zero-order valence-corrected chi connectivity index (χ0v) is 14.4. The van der Waals surface area contributed by atoms with Crippen molar-refractivity contribution in [1.29, 1.82) is 0 Å². The van der Waals surface area contributed by atoms with Crippen LogP contribution in [0.1, 0.15) is 33.2 Å². The lowest BCUT2D eigenvalue weighted by Gasteiger charge is -2.26. The summed E-state index contributed by atoms with van der Waals surface area (Å²) >= 11 is 0. The largest absolute Gasteiger partial charge is 0.450 e. The molecule has 27 heavy (non-hydrogen) atoms. The second-order valence-electron chi connectivity index (χ2n) is 6.27. The van der Waals surface area contributed by atoms with Gasteiger partial charge in [-0.05, 0) is 23.3 Å². The first-order chi connectivity index (χ1) is 13.2. The number of benzene rings is 2. The molecular formula is C22H17NO4. The molecule has 1 aliphatic heterocycles. The lowest BCUT2D eigenvalue weighted by Crippen LogP contribution is -2.36. The summed E-state index contributed by atoms with van der Waals surface area (Å²) in [5, 5.41) is 0. The third-order valence-corrected chi connectivity index (χ3v) is 4.48. The third-order valence-electron chi connectivity index (χ3n) is 4.48. The van der Waals surface area contributed by atoms with Gasteiger partial charge in [0.05, 0.1) is 5.56 Å². The molecule has 5 nitrogen and oxygen atoms in total. The molecule has 0 unspecified atom stereocenters. The smallest absolute Gasteiger partial charge is 0.348 e. The fourth-order valence-corrected chi connectivity index (χ4v) is 3.14. The molecule has 0 bridgehead atoms. The number of cyclic esters (lactones) is 1. The average molecular weight is 359 g/mol. The molecule has 2 aromatic carbocycles. The zero-order valence-electron chi connectivity index (χ0n) is 14.4. The summed E-state index contributed by atoms with van der Waals surface area (Å²) in [6.45, 7) is 0. The van der Waals surface area contributed by atoms with E-state index in [0.29, 0.717) is 12.0 Å². The molecule has 0 radical (unpaired) electrons. The Kier molecular flexibility index (Phi) is 4.66. The average Bonchev–Trinajstić information content (AvgIpc) is 2.73. The molecule has 4 rings (SSSR count). The molecular weight excluding hydrogens is 342 g/mol. The van der Waals surface area contributed by atoms with Crippen LogP contribution in [0.4, 0.5) is 0 Å². The fraction of sp³-hybridized carbons (Fsp3) is 0.136. The van der Waals surface area contributed by atoms with E-state index in [2.05, 4.69) is 4.98 Å². The van der Waals surface area contributed by atoms with Crippen LogP contribution in [0.3, 0.4) is 0 Å². The van der Waals surface area contributed by atoms with Crippen molar-refractivity contribution in [3.05, 3.63) is 101 Å². The van der Waals surface area contributed by atoms with Crippen LogP contribution in [-0.2, 0) is 20.7 Å². The van der Waals surface area contributed by atoms with Gasteiger partial charge in [-0.2, -0.15) is 0 Å². The Morgan fingerprint density at radius 1 is 1.00 bits per heavy atom. The minimum absolute atomic E-state index is 0.301. The SMILES string of the molecule is O=C1O[C@@H](C(=O)O[C@@H](c2ccccc2)c2cccnc2)Cc2ccccc21. The third kappa shape index (κ3) is 3.58. The molecule has 5 heteroatoms. The highest BCUT2D eigenvalue weighted by Crippen LogP contribution is 2.28. The van der Waals surface area contributed by atoms with Gasteiger partial charge in [0.15, 0.2) is 6.10 Å². The Morgan fingerprint density at radius 3 is 2.52 bits per heavy atom. The zero-order chi connectivity index (χ0) is 18.6. The maximum atomic E-state index is 12.8. The summed E-state index contributed by atoms with van der Waals surface area (Å²) in [6.07, 6.45) is 2.04. The first kappa shape index (κ1) is 17.0. The van der Waals surface area contributed by atoms with Crippen LogP contribution in [0.5, 0.6) is 0 Å². The van der Waals surface area contributed by atoms with Gasteiger partial charge in [-0.15, -0.1) is 0 Å². The van der Waals surface area contributed by atoms with Gasteiger partial charge in [-0.3, -0.25) is 4.98 Å². The van der Waals surface area contributed by atoms with E-state index in [1.165, 1.54) is 0 Å². The molecule has 2 heterocycles. The van der Waals surface area contributed by atoms with Gasteiger partial charge in [-0.25, -0.2) is 9.59 Å². The number of rotatable bonds is 4. The summed E-state index contributed by atoms with van der Waals surface area (Å²) in [5.41, 5.74) is 2.85. The van der Waals surface area contributed by atoms with E-state index in [1.54, 1.807) is 30.6 Å². The number of esters is 2. The fourth-order valence-electron chi connectivity index (χ4n) is 3.14. The Balaban J connectivity index is 1.59. The van der Waals surface area contributed by atoms with E-state index < -0.39 is 24.1 Å². The summed E-state index contributed by atoms with van der Waals surface area (Å²) in [5.74, 6) is -1.08. The van der Waals surface area contributed by atoms with E-state index in [-0.39, 0.29) is 0 Å². The van der Waals surface area contributed by atoms with Crippen molar-refractivity contribution in [1.82, 2.24) is 4.98 Å². The van der Waals surface area contributed by atoms with E-state index >= 15 is 0 Å². The van der Waals surface area contributed by atoms with Crippen molar-refractivity contribution in [3.63, 3.8) is 0 Å². The number of pyridine rings is 1. The highest BCUT2D eigenvalue weighted by atomic mass is 16.6. The van der Waals surface area contributed by atoms with Gasteiger partial charge in [-0.1, -0.05) is 54.6 Å². The summed E-state index contributed by atoms with van der Waals surface area (Å²) in [4.78, 5) is 29.1. The first-order valence-corrected chi connectivity index (χ1v) is 8.66. The highest BCUT2D eigenvalue weighted by molar-refractivity contribution is 5.94. The topological polar surface area (TPSA) is 65.5 Å². The number of nitrogens with zero attached hydrogens (tertiary/aromatic N) is 1. The van der Waals surface area contributed by atoms with Crippen molar-refractivity contribution in [2.45, 2.75) is 18.6 Å². The molecule has 0 N–H and O–H groups in total. The molecule has 134 valence electrons. The van der Waals surface area contributed by atoms with Crippen LogP contribution in [-0.4, -0.2) is 23.0 Å². The second-order valence-corrected chi connectivity index (χ2v) is 6.27. The van der Waals surface area contributed by atoms with E-state index in [9.17, 15) is 9.59 Å². The lowest BCUT2D eigenvalue weighted by atomic mass is 9.98. The van der Waals surface area contributed by atoms with Gasteiger partial charge in [0.2, 0.25) is 6.10 Å². The van der Waals surface area contributed by atoms with Gasteiger partial charge >= 0.3 is 11.9 Å². The van der Waals surface area contributed by atoms with Crippen LogP contribution in [0.25, 0.3) is 0 Å². The molecule has 0 fully saturated rings. The number of carbonyl (C=O) groups excluding carboxylic acids is 2. The van der Waals surface area contributed by atoms with Crippen LogP contribution < -0.4 is 0 Å². The molecule has 0 saturated heterocycles. The Labute approximate surface area is 156 Å². The van der Waals surface area contributed by atoms with Crippen LogP contribution in [0.15, 0.2) is 79.1 Å². The van der Waals surface area contributed by atoms with E-state index in [0.717, 1.165) is 16.7 Å². The summed E-state index contributed by atoms with van der Waals surface area (Å²) in [6, 6.07) is 20.2. The normalized spacial score (nSPS) is 16.7. The minimum atomic E-state index is -0.963. The lowest BCUT2D eigenvalue weighted by molar-refractivity contribution is -0.158. The Bertz CT molecular complexity index is 917. The van der Waals surface area contributed by atoms with Crippen LogP contribution >= 0.6 is 0 Å². The molecule has 0 aliphatic carbocycles. The maximum absolute atomic E-state index is 12.8. The van der Waals surface area contributed by atoms with E-state index in [1.807, 2.05) is 48.5 Å². The minimum Gasteiger partial charge on any atom is -0.450 e. The predicted octanol–water partition coefficient (Wildman–Crippen LogP) is 3.50. The van der Waals surface area contributed by atoms with Crippen molar-refractivity contribution in [2.24, 2.45) is 0 Å². The number of aromatic nitrogens is 1. The first-order valence-electron chi connectivity index (χ1n) is 8.66. The molecule has 0 spiro atoms. The number of ether oxygens (including phenoxy) is 2. The maximum Gasteiger partial charge on any atom is 0.348 e. The van der Waals surface area contributed by atoms with Crippen molar-refractivity contribution < 1.29 is 19.1 Å². The van der Waals surface area contributed by atoms with Gasteiger partial charge in [0.25, 0.3) is 0 Å². The van der Waals surface area contributed by atoms with E-state index in [4.69, 9.17) is 9.47 Å². The molecule has 1 aromatic heterocycles. The van der Waals surface area contributed by atoms with Crippen molar-refractivity contribution in [3.8, 4) is 0 Å². The van der Waals surface area contributed by atoms with Crippen LogP contribution in [0, 0.1) is 0 Å². The standard InChI is InChI=1S/C22H17NO4/c24-21-18-11-5-4-9-16(18)13-19(26-21)22(25)27-20(15-7-2-1-3-8-15)17-10-6-12-23-14-17/h1-12,14,19-20H,13H2/t19-,20+/m1/s1. The van der Waals surface area contributed by atoms with Crippen LogP contribution in [0.2, 0.25) is 0 Å². The summed E-state index contributed by atoms with van der Waals surface area (Å²) < 4.78 is 11.1. The number of hydrogen-bond acceptors (Lipinski definition) is 5. The molecule has 0 amide bonds. The Hall–Kier alpha value is -3.47.